The predicted molar refractivity (Wildman–Crippen MR) is 92.9 cm³/mol. The van der Waals surface area contributed by atoms with Crippen LogP contribution in [0.25, 0.3) is 5.70 Å². The van der Waals surface area contributed by atoms with Gasteiger partial charge in [-0.2, -0.15) is 4.68 Å². The van der Waals surface area contributed by atoms with Crippen LogP contribution in [-0.2, 0) is 0 Å². The standard InChI is InChI=1S/C17H14BrN5/c1-11-5-7-12(8-6-11)15-10-16(13-3-2-4-14(18)9-13)23-17(19-15)20-21-22-23/h2-10,16H,1H3,(H,19,20,22). The molecule has 1 N–H and O–H groups in total. The molecule has 4 rings (SSSR count). The van der Waals surface area contributed by atoms with Crippen LogP contribution in [-0.4, -0.2) is 20.2 Å². The van der Waals surface area contributed by atoms with E-state index in [2.05, 4.69) is 86.2 Å². The molecule has 0 radical (unpaired) electrons. The number of fused-ring (bicyclic) bond motifs is 1. The summed E-state index contributed by atoms with van der Waals surface area (Å²) in [6.07, 6.45) is 2.15. The van der Waals surface area contributed by atoms with Gasteiger partial charge >= 0.3 is 0 Å². The number of aryl methyl sites for hydroxylation is 1. The average Bonchev–Trinajstić information content (AvgIpc) is 3.03. The first-order valence-corrected chi connectivity index (χ1v) is 8.09. The fourth-order valence-corrected chi connectivity index (χ4v) is 3.10. The summed E-state index contributed by atoms with van der Waals surface area (Å²) in [5.74, 6) is 0.646. The van der Waals surface area contributed by atoms with Gasteiger partial charge in [0, 0.05) is 10.2 Å². The molecule has 0 saturated carbocycles. The van der Waals surface area contributed by atoms with Crippen molar-refractivity contribution in [2.24, 2.45) is 0 Å². The summed E-state index contributed by atoms with van der Waals surface area (Å²) in [5, 5.41) is 15.3. The summed E-state index contributed by atoms with van der Waals surface area (Å²) in [4.78, 5) is 0. The summed E-state index contributed by atoms with van der Waals surface area (Å²) < 4.78 is 2.83. The molecule has 1 unspecified atom stereocenters. The molecule has 6 heteroatoms. The van der Waals surface area contributed by atoms with Crippen LogP contribution in [0.1, 0.15) is 22.7 Å². The van der Waals surface area contributed by atoms with Gasteiger partial charge in [-0.3, -0.25) is 0 Å². The molecule has 1 aromatic heterocycles. The van der Waals surface area contributed by atoms with Crippen LogP contribution < -0.4 is 5.32 Å². The fourth-order valence-electron chi connectivity index (χ4n) is 2.68. The Morgan fingerprint density at radius 1 is 1.13 bits per heavy atom. The van der Waals surface area contributed by atoms with Crippen molar-refractivity contribution in [3.8, 4) is 0 Å². The molecular formula is C17H14BrN5. The molecule has 1 aliphatic rings. The Kier molecular flexibility index (Phi) is 3.46. The zero-order valence-electron chi connectivity index (χ0n) is 12.4. The number of rotatable bonds is 2. The van der Waals surface area contributed by atoms with E-state index >= 15 is 0 Å². The average molecular weight is 368 g/mol. The smallest absolute Gasteiger partial charge is 0.248 e. The number of nitrogens with one attached hydrogen (secondary N) is 1. The minimum Gasteiger partial charge on any atom is -0.323 e. The number of tetrazole rings is 1. The lowest BCUT2D eigenvalue weighted by Gasteiger charge is -2.23. The number of aromatic nitrogens is 4. The second-order valence-electron chi connectivity index (χ2n) is 5.52. The minimum atomic E-state index is -0.0462. The van der Waals surface area contributed by atoms with Crippen molar-refractivity contribution in [1.82, 2.24) is 20.2 Å². The van der Waals surface area contributed by atoms with Crippen molar-refractivity contribution in [2.75, 3.05) is 5.32 Å². The van der Waals surface area contributed by atoms with E-state index in [0.29, 0.717) is 5.95 Å². The highest BCUT2D eigenvalue weighted by Crippen LogP contribution is 2.32. The monoisotopic (exact) mass is 367 g/mol. The SMILES string of the molecule is Cc1ccc(C2=CC(c3cccc(Br)c3)n3nnnc3N2)cc1. The highest BCUT2D eigenvalue weighted by atomic mass is 79.9. The summed E-state index contributed by atoms with van der Waals surface area (Å²) in [6, 6.07) is 16.6. The Morgan fingerprint density at radius 3 is 2.74 bits per heavy atom. The van der Waals surface area contributed by atoms with E-state index < -0.39 is 0 Å². The van der Waals surface area contributed by atoms with Gasteiger partial charge in [0.05, 0.1) is 0 Å². The molecular weight excluding hydrogens is 354 g/mol. The van der Waals surface area contributed by atoms with E-state index in [1.165, 1.54) is 5.56 Å². The molecule has 0 saturated heterocycles. The summed E-state index contributed by atoms with van der Waals surface area (Å²) in [7, 11) is 0. The molecule has 0 spiro atoms. The quantitative estimate of drug-likeness (QED) is 0.748. The highest BCUT2D eigenvalue weighted by molar-refractivity contribution is 9.10. The van der Waals surface area contributed by atoms with Gasteiger partial charge in [0.15, 0.2) is 0 Å². The molecule has 1 aliphatic heterocycles. The molecule has 114 valence electrons. The molecule has 23 heavy (non-hydrogen) atoms. The van der Waals surface area contributed by atoms with Crippen LogP contribution in [0.15, 0.2) is 59.1 Å². The Hall–Kier alpha value is -2.47. The van der Waals surface area contributed by atoms with Gasteiger partial charge in [-0.15, -0.1) is 0 Å². The van der Waals surface area contributed by atoms with Crippen LogP contribution >= 0.6 is 15.9 Å². The topological polar surface area (TPSA) is 55.6 Å². The Bertz CT molecular complexity index is 882. The highest BCUT2D eigenvalue weighted by Gasteiger charge is 2.24. The lowest BCUT2D eigenvalue weighted by atomic mass is 10.0. The summed E-state index contributed by atoms with van der Waals surface area (Å²) >= 11 is 3.53. The van der Waals surface area contributed by atoms with E-state index in [9.17, 15) is 0 Å². The first kappa shape index (κ1) is 14.1. The van der Waals surface area contributed by atoms with Gasteiger partial charge in [-0.05, 0) is 46.7 Å². The first-order valence-electron chi connectivity index (χ1n) is 7.30. The van der Waals surface area contributed by atoms with E-state index in [-0.39, 0.29) is 6.04 Å². The third-order valence-corrected chi connectivity index (χ3v) is 4.37. The van der Waals surface area contributed by atoms with E-state index in [1.807, 2.05) is 12.1 Å². The van der Waals surface area contributed by atoms with Gasteiger partial charge in [0.1, 0.15) is 6.04 Å². The van der Waals surface area contributed by atoms with Crippen molar-refractivity contribution in [3.05, 3.63) is 75.8 Å². The lowest BCUT2D eigenvalue weighted by molar-refractivity contribution is 0.585. The molecule has 0 fully saturated rings. The van der Waals surface area contributed by atoms with Crippen molar-refractivity contribution >= 4 is 27.6 Å². The number of benzene rings is 2. The molecule has 3 aromatic rings. The third-order valence-electron chi connectivity index (χ3n) is 3.88. The molecule has 2 heterocycles. The third kappa shape index (κ3) is 2.66. The number of hydrogen-bond acceptors (Lipinski definition) is 4. The predicted octanol–water partition coefficient (Wildman–Crippen LogP) is 3.80. The van der Waals surface area contributed by atoms with Crippen LogP contribution in [0, 0.1) is 6.92 Å². The van der Waals surface area contributed by atoms with Gasteiger partial charge in [-0.25, -0.2) is 0 Å². The number of anilines is 1. The van der Waals surface area contributed by atoms with Gasteiger partial charge < -0.3 is 5.32 Å². The Morgan fingerprint density at radius 2 is 1.96 bits per heavy atom. The molecule has 2 aromatic carbocycles. The maximum atomic E-state index is 4.12. The molecule has 5 nitrogen and oxygen atoms in total. The first-order chi connectivity index (χ1) is 11.2. The minimum absolute atomic E-state index is 0.0462. The lowest BCUT2D eigenvalue weighted by Crippen LogP contribution is -2.20. The zero-order chi connectivity index (χ0) is 15.8. The number of halogens is 1. The largest absolute Gasteiger partial charge is 0.323 e. The van der Waals surface area contributed by atoms with Gasteiger partial charge in [-0.1, -0.05) is 63.0 Å². The Balaban J connectivity index is 1.81. The van der Waals surface area contributed by atoms with Crippen molar-refractivity contribution in [1.29, 1.82) is 0 Å². The zero-order valence-corrected chi connectivity index (χ0v) is 14.0. The maximum Gasteiger partial charge on any atom is 0.248 e. The molecule has 0 aliphatic carbocycles. The summed E-state index contributed by atoms with van der Waals surface area (Å²) in [5.41, 5.74) is 4.49. The Labute approximate surface area is 142 Å². The fraction of sp³-hybridized carbons (Fsp3) is 0.118. The van der Waals surface area contributed by atoms with Crippen LogP contribution in [0.4, 0.5) is 5.95 Å². The van der Waals surface area contributed by atoms with E-state index in [0.717, 1.165) is 21.3 Å². The number of nitrogens with zero attached hydrogens (tertiary/aromatic N) is 4. The van der Waals surface area contributed by atoms with Crippen molar-refractivity contribution in [2.45, 2.75) is 13.0 Å². The van der Waals surface area contributed by atoms with E-state index in [1.54, 1.807) is 4.68 Å². The number of allylic oxidation sites excluding steroid dienone is 1. The molecule has 0 amide bonds. The summed E-state index contributed by atoms with van der Waals surface area (Å²) in [6.45, 7) is 2.08. The van der Waals surface area contributed by atoms with Crippen LogP contribution in [0.2, 0.25) is 0 Å². The van der Waals surface area contributed by atoms with Crippen LogP contribution in [0.5, 0.6) is 0 Å². The number of hydrogen-bond donors (Lipinski definition) is 1. The molecule has 0 bridgehead atoms. The van der Waals surface area contributed by atoms with Crippen LogP contribution in [0.3, 0.4) is 0 Å². The van der Waals surface area contributed by atoms with Crippen molar-refractivity contribution < 1.29 is 0 Å². The second-order valence-corrected chi connectivity index (χ2v) is 6.43. The van der Waals surface area contributed by atoms with E-state index in [4.69, 9.17) is 0 Å². The van der Waals surface area contributed by atoms with Crippen molar-refractivity contribution in [3.63, 3.8) is 0 Å². The molecule has 1 atom stereocenters. The second kappa shape index (κ2) is 5.62. The van der Waals surface area contributed by atoms with Gasteiger partial charge in [0.2, 0.25) is 5.95 Å². The van der Waals surface area contributed by atoms with Gasteiger partial charge in [0.25, 0.3) is 0 Å². The maximum absolute atomic E-state index is 4.12. The normalized spacial score (nSPS) is 16.4.